The Labute approximate surface area is 175 Å². The number of nitrogens with zero attached hydrogens (tertiary/aromatic N) is 1. The molecule has 3 rings (SSSR count). The summed E-state index contributed by atoms with van der Waals surface area (Å²) >= 11 is 11.9. The number of para-hydroxylation sites is 1. The van der Waals surface area contributed by atoms with Gasteiger partial charge in [-0.15, -0.1) is 0 Å². The van der Waals surface area contributed by atoms with Crippen molar-refractivity contribution in [2.75, 3.05) is 30.3 Å². The molecule has 2 amide bonds. The summed E-state index contributed by atoms with van der Waals surface area (Å²) in [7, 11) is 0. The van der Waals surface area contributed by atoms with E-state index in [0.29, 0.717) is 28.8 Å². The highest BCUT2D eigenvalue weighted by Crippen LogP contribution is 2.25. The van der Waals surface area contributed by atoms with E-state index in [4.69, 9.17) is 23.2 Å². The number of benzene rings is 2. The van der Waals surface area contributed by atoms with Crippen LogP contribution in [0.2, 0.25) is 10.0 Å². The van der Waals surface area contributed by atoms with E-state index in [1.807, 2.05) is 31.2 Å². The van der Waals surface area contributed by atoms with E-state index >= 15 is 0 Å². The van der Waals surface area contributed by atoms with Gasteiger partial charge in [-0.2, -0.15) is 0 Å². The van der Waals surface area contributed by atoms with Crippen molar-refractivity contribution in [2.45, 2.75) is 19.8 Å². The average Bonchev–Trinajstić information content (AvgIpc) is 2.67. The zero-order chi connectivity index (χ0) is 20.1. The third-order valence-corrected chi connectivity index (χ3v) is 5.67. The van der Waals surface area contributed by atoms with Gasteiger partial charge in [0.1, 0.15) is 0 Å². The minimum Gasteiger partial charge on any atom is -0.326 e. The molecule has 0 aliphatic carbocycles. The monoisotopic (exact) mass is 419 g/mol. The molecule has 0 bridgehead atoms. The van der Waals surface area contributed by atoms with E-state index in [1.54, 1.807) is 18.2 Å². The van der Waals surface area contributed by atoms with E-state index in [0.717, 1.165) is 24.1 Å². The maximum Gasteiger partial charge on any atom is 0.238 e. The highest BCUT2D eigenvalue weighted by Gasteiger charge is 2.26. The third kappa shape index (κ3) is 5.47. The summed E-state index contributed by atoms with van der Waals surface area (Å²) in [5, 5.41) is 6.70. The Kier molecular flexibility index (Phi) is 6.94. The first-order valence-corrected chi connectivity index (χ1v) is 10.0. The van der Waals surface area contributed by atoms with Crippen molar-refractivity contribution in [2.24, 2.45) is 5.92 Å². The van der Waals surface area contributed by atoms with Crippen LogP contribution in [0.15, 0.2) is 42.5 Å². The Balaban J connectivity index is 1.45. The number of anilines is 2. The predicted octanol–water partition coefficient (Wildman–Crippen LogP) is 4.59. The number of likely N-dealkylation sites (tertiary alicyclic amines) is 1. The maximum absolute atomic E-state index is 12.5. The Morgan fingerprint density at radius 1 is 1.04 bits per heavy atom. The standard InChI is InChI=1S/C21H23Cl2N3O2/c1-14-4-2-3-5-19(14)25-21(28)15-8-10-26(11-9-15)13-20(27)24-16-6-7-17(22)18(23)12-16/h2-7,12,15H,8-11,13H2,1H3,(H,24,27)(H,25,28). The SMILES string of the molecule is Cc1ccccc1NC(=O)C1CCN(CC(=O)Nc2ccc(Cl)c(Cl)c2)CC1. The molecule has 0 aromatic heterocycles. The Morgan fingerprint density at radius 3 is 2.43 bits per heavy atom. The average molecular weight is 420 g/mol. The van der Waals surface area contributed by atoms with E-state index in [9.17, 15) is 9.59 Å². The lowest BCUT2D eigenvalue weighted by molar-refractivity contribution is -0.121. The van der Waals surface area contributed by atoms with Crippen molar-refractivity contribution in [1.82, 2.24) is 4.90 Å². The fourth-order valence-corrected chi connectivity index (χ4v) is 3.58. The summed E-state index contributed by atoms with van der Waals surface area (Å²) in [6.07, 6.45) is 1.47. The largest absolute Gasteiger partial charge is 0.326 e. The Bertz CT molecular complexity index is 864. The first-order chi connectivity index (χ1) is 13.4. The molecule has 0 radical (unpaired) electrons. The molecule has 2 aromatic rings. The number of halogens is 2. The number of hydrogen-bond acceptors (Lipinski definition) is 3. The molecular formula is C21H23Cl2N3O2. The van der Waals surface area contributed by atoms with Gasteiger partial charge in [-0.05, 0) is 62.7 Å². The van der Waals surface area contributed by atoms with Crippen LogP contribution in [0.3, 0.4) is 0 Å². The number of carbonyl (C=O) groups is 2. The van der Waals surface area contributed by atoms with Gasteiger partial charge in [-0.1, -0.05) is 41.4 Å². The Morgan fingerprint density at radius 2 is 1.75 bits per heavy atom. The molecule has 28 heavy (non-hydrogen) atoms. The molecule has 7 heteroatoms. The lowest BCUT2D eigenvalue weighted by Crippen LogP contribution is -2.41. The van der Waals surface area contributed by atoms with Gasteiger partial charge in [0.25, 0.3) is 0 Å². The second kappa shape index (κ2) is 9.41. The van der Waals surface area contributed by atoms with Gasteiger partial charge in [-0.3, -0.25) is 14.5 Å². The summed E-state index contributed by atoms with van der Waals surface area (Å²) in [6, 6.07) is 12.8. The topological polar surface area (TPSA) is 61.4 Å². The normalized spacial score (nSPS) is 15.2. The van der Waals surface area contributed by atoms with Crippen molar-refractivity contribution < 1.29 is 9.59 Å². The number of piperidine rings is 1. The third-order valence-electron chi connectivity index (χ3n) is 4.93. The molecule has 2 N–H and O–H groups in total. The highest BCUT2D eigenvalue weighted by molar-refractivity contribution is 6.42. The van der Waals surface area contributed by atoms with Gasteiger partial charge in [-0.25, -0.2) is 0 Å². The molecular weight excluding hydrogens is 397 g/mol. The fourth-order valence-electron chi connectivity index (χ4n) is 3.28. The lowest BCUT2D eigenvalue weighted by atomic mass is 9.95. The first-order valence-electron chi connectivity index (χ1n) is 9.26. The second-order valence-electron chi connectivity index (χ2n) is 7.03. The van der Waals surface area contributed by atoms with E-state index in [1.165, 1.54) is 0 Å². The van der Waals surface area contributed by atoms with Gasteiger partial charge in [0, 0.05) is 17.3 Å². The molecule has 0 unspecified atom stereocenters. The minimum atomic E-state index is -0.110. The maximum atomic E-state index is 12.5. The summed E-state index contributed by atoms with van der Waals surface area (Å²) in [6.45, 7) is 3.68. The molecule has 0 spiro atoms. The number of nitrogens with one attached hydrogen (secondary N) is 2. The van der Waals surface area contributed by atoms with E-state index in [2.05, 4.69) is 15.5 Å². The van der Waals surface area contributed by atoms with E-state index < -0.39 is 0 Å². The quantitative estimate of drug-likeness (QED) is 0.744. The Hall–Kier alpha value is -2.08. The molecule has 1 aliphatic heterocycles. The van der Waals surface area contributed by atoms with Crippen LogP contribution in [-0.4, -0.2) is 36.3 Å². The van der Waals surface area contributed by atoms with Gasteiger partial charge in [0.05, 0.1) is 16.6 Å². The molecule has 0 saturated carbocycles. The van der Waals surface area contributed by atoms with Crippen molar-refractivity contribution in [3.8, 4) is 0 Å². The molecule has 1 fully saturated rings. The second-order valence-corrected chi connectivity index (χ2v) is 7.85. The lowest BCUT2D eigenvalue weighted by Gasteiger charge is -2.30. The van der Waals surface area contributed by atoms with Crippen LogP contribution < -0.4 is 10.6 Å². The minimum absolute atomic E-state index is 0.0333. The van der Waals surface area contributed by atoms with Crippen molar-refractivity contribution in [3.63, 3.8) is 0 Å². The molecule has 1 heterocycles. The zero-order valence-corrected chi connectivity index (χ0v) is 17.2. The van der Waals surface area contributed by atoms with E-state index in [-0.39, 0.29) is 24.3 Å². The van der Waals surface area contributed by atoms with Crippen LogP contribution in [0.5, 0.6) is 0 Å². The molecule has 5 nitrogen and oxygen atoms in total. The molecule has 1 aliphatic rings. The van der Waals surface area contributed by atoms with Crippen LogP contribution in [0, 0.1) is 12.8 Å². The van der Waals surface area contributed by atoms with Crippen LogP contribution >= 0.6 is 23.2 Å². The molecule has 148 valence electrons. The number of amides is 2. The number of rotatable bonds is 5. The van der Waals surface area contributed by atoms with Gasteiger partial charge in [0.15, 0.2) is 0 Å². The molecule has 1 saturated heterocycles. The number of hydrogen-bond donors (Lipinski definition) is 2. The van der Waals surface area contributed by atoms with Gasteiger partial charge >= 0.3 is 0 Å². The van der Waals surface area contributed by atoms with Crippen LogP contribution in [-0.2, 0) is 9.59 Å². The summed E-state index contributed by atoms with van der Waals surface area (Å²) < 4.78 is 0. The molecule has 2 aromatic carbocycles. The van der Waals surface area contributed by atoms with Crippen LogP contribution in [0.1, 0.15) is 18.4 Å². The zero-order valence-electron chi connectivity index (χ0n) is 15.7. The van der Waals surface area contributed by atoms with Crippen molar-refractivity contribution >= 4 is 46.4 Å². The molecule has 0 atom stereocenters. The summed E-state index contributed by atoms with van der Waals surface area (Å²) in [5.41, 5.74) is 2.52. The van der Waals surface area contributed by atoms with Crippen molar-refractivity contribution in [1.29, 1.82) is 0 Å². The first kappa shape index (κ1) is 20.6. The van der Waals surface area contributed by atoms with Gasteiger partial charge in [0.2, 0.25) is 11.8 Å². The van der Waals surface area contributed by atoms with Crippen LogP contribution in [0.25, 0.3) is 0 Å². The number of aryl methyl sites for hydroxylation is 1. The summed E-state index contributed by atoms with van der Waals surface area (Å²) in [4.78, 5) is 26.8. The number of carbonyl (C=O) groups excluding carboxylic acids is 2. The predicted molar refractivity (Wildman–Crippen MR) is 114 cm³/mol. The van der Waals surface area contributed by atoms with Crippen LogP contribution in [0.4, 0.5) is 11.4 Å². The van der Waals surface area contributed by atoms with Gasteiger partial charge < -0.3 is 10.6 Å². The highest BCUT2D eigenvalue weighted by atomic mass is 35.5. The fraction of sp³-hybridized carbons (Fsp3) is 0.333. The van der Waals surface area contributed by atoms with Crippen molar-refractivity contribution in [3.05, 3.63) is 58.1 Å². The smallest absolute Gasteiger partial charge is 0.238 e. The summed E-state index contributed by atoms with van der Waals surface area (Å²) in [5.74, 6) is -0.0932.